The van der Waals surface area contributed by atoms with E-state index in [1.807, 2.05) is 0 Å². The molecule has 20 heavy (non-hydrogen) atoms. The van der Waals surface area contributed by atoms with Gasteiger partial charge in [0, 0.05) is 32.0 Å². The van der Waals surface area contributed by atoms with Crippen LogP contribution in [0.3, 0.4) is 0 Å². The molecular weight excluding hydrogens is 244 g/mol. The predicted molar refractivity (Wildman–Crippen MR) is 86.7 cm³/mol. The summed E-state index contributed by atoms with van der Waals surface area (Å²) in [5.74, 6) is 0. The highest BCUT2D eigenvalue weighted by atomic mass is 15.2. The van der Waals surface area contributed by atoms with E-state index >= 15 is 0 Å². The Bertz CT molecular complexity index is 587. The van der Waals surface area contributed by atoms with Crippen LogP contribution in [0, 0.1) is 0 Å². The van der Waals surface area contributed by atoms with Gasteiger partial charge in [-0.1, -0.05) is 30.3 Å². The standard InChI is InChI=1S/C18H22N2/c1-14(15-8-10-17(11-9-15)19(2)3)20-13-12-16-6-4-5-7-18(16)20/h4-11,14H,12-13H2,1-3H3. The Hall–Kier alpha value is -1.96. The van der Waals surface area contributed by atoms with Gasteiger partial charge in [0.25, 0.3) is 0 Å². The van der Waals surface area contributed by atoms with E-state index in [1.165, 1.54) is 22.5 Å². The maximum Gasteiger partial charge on any atom is 0.0514 e. The molecule has 0 aliphatic carbocycles. The number of benzene rings is 2. The molecule has 0 N–H and O–H groups in total. The molecule has 0 amide bonds. The predicted octanol–water partition coefficient (Wildman–Crippen LogP) is 3.88. The van der Waals surface area contributed by atoms with Crippen LogP contribution in [0.1, 0.15) is 24.1 Å². The fourth-order valence-corrected chi connectivity index (χ4v) is 3.00. The summed E-state index contributed by atoms with van der Waals surface area (Å²) >= 11 is 0. The maximum atomic E-state index is 2.51. The van der Waals surface area contributed by atoms with Gasteiger partial charge in [0.1, 0.15) is 0 Å². The monoisotopic (exact) mass is 266 g/mol. The zero-order chi connectivity index (χ0) is 14.1. The Morgan fingerprint density at radius 2 is 1.70 bits per heavy atom. The summed E-state index contributed by atoms with van der Waals surface area (Å²) in [7, 11) is 4.16. The van der Waals surface area contributed by atoms with Gasteiger partial charge < -0.3 is 9.80 Å². The lowest BCUT2D eigenvalue weighted by molar-refractivity contribution is 0.696. The van der Waals surface area contributed by atoms with E-state index in [1.54, 1.807) is 0 Å². The van der Waals surface area contributed by atoms with Crippen LogP contribution < -0.4 is 9.80 Å². The van der Waals surface area contributed by atoms with Crippen LogP contribution >= 0.6 is 0 Å². The van der Waals surface area contributed by atoms with Crippen LogP contribution in [-0.4, -0.2) is 20.6 Å². The Balaban J connectivity index is 1.85. The van der Waals surface area contributed by atoms with Crippen LogP contribution in [0.15, 0.2) is 48.5 Å². The molecule has 1 unspecified atom stereocenters. The van der Waals surface area contributed by atoms with E-state index < -0.39 is 0 Å². The average molecular weight is 266 g/mol. The lowest BCUT2D eigenvalue weighted by Gasteiger charge is -2.28. The molecule has 2 heteroatoms. The normalized spacial score (nSPS) is 15.1. The summed E-state index contributed by atoms with van der Waals surface area (Å²) in [5.41, 5.74) is 5.51. The summed E-state index contributed by atoms with van der Waals surface area (Å²) < 4.78 is 0. The summed E-state index contributed by atoms with van der Waals surface area (Å²) in [5, 5.41) is 0. The van der Waals surface area contributed by atoms with Gasteiger partial charge >= 0.3 is 0 Å². The SMILES string of the molecule is CC(c1ccc(N(C)C)cc1)N1CCc2ccccc21. The molecule has 1 heterocycles. The van der Waals surface area contributed by atoms with Crippen LogP contribution in [0.2, 0.25) is 0 Å². The summed E-state index contributed by atoms with van der Waals surface area (Å²) in [6.07, 6.45) is 1.16. The van der Waals surface area contributed by atoms with E-state index in [4.69, 9.17) is 0 Å². The van der Waals surface area contributed by atoms with Crippen LogP contribution in [0.4, 0.5) is 11.4 Å². The van der Waals surface area contributed by atoms with E-state index in [-0.39, 0.29) is 0 Å². The molecule has 0 fully saturated rings. The molecule has 0 saturated carbocycles. The van der Waals surface area contributed by atoms with Crippen molar-refractivity contribution in [2.75, 3.05) is 30.4 Å². The molecule has 3 rings (SSSR count). The molecule has 1 aliphatic heterocycles. The van der Waals surface area contributed by atoms with Crippen molar-refractivity contribution in [3.05, 3.63) is 59.7 Å². The number of hydrogen-bond acceptors (Lipinski definition) is 2. The second-order valence-corrected chi connectivity index (χ2v) is 5.73. The number of rotatable bonds is 3. The first-order chi connectivity index (χ1) is 9.66. The van der Waals surface area contributed by atoms with Crippen molar-refractivity contribution in [2.24, 2.45) is 0 Å². The number of para-hydroxylation sites is 1. The lowest BCUT2D eigenvalue weighted by atomic mass is 10.1. The van der Waals surface area contributed by atoms with Crippen molar-refractivity contribution in [2.45, 2.75) is 19.4 Å². The fourth-order valence-electron chi connectivity index (χ4n) is 3.00. The minimum atomic E-state index is 0.426. The Labute approximate surface area is 121 Å². The number of hydrogen-bond donors (Lipinski definition) is 0. The molecule has 0 spiro atoms. The van der Waals surface area contributed by atoms with Crippen molar-refractivity contribution in [3.63, 3.8) is 0 Å². The first kappa shape index (κ1) is 13.0. The molecule has 0 saturated heterocycles. The summed E-state index contributed by atoms with van der Waals surface area (Å²) in [6.45, 7) is 3.42. The van der Waals surface area contributed by atoms with Crippen LogP contribution in [-0.2, 0) is 6.42 Å². The van der Waals surface area contributed by atoms with Gasteiger partial charge in [0.05, 0.1) is 6.04 Å². The molecule has 0 radical (unpaired) electrons. The van der Waals surface area contributed by atoms with Gasteiger partial charge in [-0.15, -0.1) is 0 Å². The minimum absolute atomic E-state index is 0.426. The van der Waals surface area contributed by atoms with E-state index in [9.17, 15) is 0 Å². The lowest BCUT2D eigenvalue weighted by Crippen LogP contribution is -2.24. The Morgan fingerprint density at radius 3 is 2.40 bits per heavy atom. The molecule has 1 atom stereocenters. The first-order valence-electron chi connectivity index (χ1n) is 7.28. The second-order valence-electron chi connectivity index (χ2n) is 5.73. The molecule has 0 bridgehead atoms. The molecular formula is C18H22N2. The van der Waals surface area contributed by atoms with Crippen molar-refractivity contribution in [1.82, 2.24) is 0 Å². The van der Waals surface area contributed by atoms with Gasteiger partial charge in [0.15, 0.2) is 0 Å². The largest absolute Gasteiger partial charge is 0.378 e. The van der Waals surface area contributed by atoms with E-state index in [2.05, 4.69) is 79.3 Å². The summed E-state index contributed by atoms with van der Waals surface area (Å²) in [4.78, 5) is 4.65. The molecule has 1 aliphatic rings. The minimum Gasteiger partial charge on any atom is -0.378 e. The zero-order valence-corrected chi connectivity index (χ0v) is 12.5. The molecule has 0 aromatic heterocycles. The second kappa shape index (κ2) is 5.20. The molecule has 2 nitrogen and oxygen atoms in total. The smallest absolute Gasteiger partial charge is 0.0514 e. The van der Waals surface area contributed by atoms with Crippen molar-refractivity contribution >= 4 is 11.4 Å². The first-order valence-corrected chi connectivity index (χ1v) is 7.28. The fraction of sp³-hybridized carbons (Fsp3) is 0.333. The Morgan fingerprint density at radius 1 is 1.00 bits per heavy atom. The van der Waals surface area contributed by atoms with Gasteiger partial charge in [0.2, 0.25) is 0 Å². The van der Waals surface area contributed by atoms with Crippen molar-refractivity contribution in [3.8, 4) is 0 Å². The zero-order valence-electron chi connectivity index (χ0n) is 12.5. The topological polar surface area (TPSA) is 6.48 Å². The van der Waals surface area contributed by atoms with Crippen LogP contribution in [0.5, 0.6) is 0 Å². The van der Waals surface area contributed by atoms with Gasteiger partial charge in [-0.25, -0.2) is 0 Å². The highest BCUT2D eigenvalue weighted by molar-refractivity contribution is 5.59. The molecule has 2 aromatic carbocycles. The Kier molecular flexibility index (Phi) is 3.39. The van der Waals surface area contributed by atoms with Gasteiger partial charge in [-0.05, 0) is 42.7 Å². The third-order valence-electron chi connectivity index (χ3n) is 4.28. The average Bonchev–Trinajstić information content (AvgIpc) is 2.90. The third-order valence-corrected chi connectivity index (χ3v) is 4.28. The highest BCUT2D eigenvalue weighted by Gasteiger charge is 2.23. The van der Waals surface area contributed by atoms with E-state index in [0.29, 0.717) is 6.04 Å². The van der Waals surface area contributed by atoms with Crippen molar-refractivity contribution in [1.29, 1.82) is 0 Å². The van der Waals surface area contributed by atoms with Crippen LogP contribution in [0.25, 0.3) is 0 Å². The van der Waals surface area contributed by atoms with Gasteiger partial charge in [-0.3, -0.25) is 0 Å². The summed E-state index contributed by atoms with van der Waals surface area (Å²) in [6, 6.07) is 18.1. The number of nitrogens with zero attached hydrogens (tertiary/aromatic N) is 2. The van der Waals surface area contributed by atoms with Gasteiger partial charge in [-0.2, -0.15) is 0 Å². The van der Waals surface area contributed by atoms with E-state index in [0.717, 1.165) is 13.0 Å². The number of fused-ring (bicyclic) bond motifs is 1. The highest BCUT2D eigenvalue weighted by Crippen LogP contribution is 2.35. The molecule has 104 valence electrons. The third kappa shape index (κ3) is 2.26. The van der Waals surface area contributed by atoms with Crippen molar-refractivity contribution < 1.29 is 0 Å². The quantitative estimate of drug-likeness (QED) is 0.832. The number of anilines is 2. The molecule has 2 aromatic rings. The maximum absolute atomic E-state index is 2.51.